The van der Waals surface area contributed by atoms with Crippen LogP contribution in [0.1, 0.15) is 35.8 Å². The number of aromatic nitrogens is 5. The molecule has 1 amide bonds. The van der Waals surface area contributed by atoms with Crippen LogP contribution in [0.2, 0.25) is 0 Å². The average Bonchev–Trinajstić information content (AvgIpc) is 3.21. The molecule has 3 aromatic rings. The number of hydrogen-bond acceptors (Lipinski definition) is 7. The molecule has 0 fully saturated rings. The van der Waals surface area contributed by atoms with Gasteiger partial charge in [-0.25, -0.2) is 9.97 Å². The summed E-state index contributed by atoms with van der Waals surface area (Å²) in [7, 11) is 3.89. The molecule has 0 aliphatic rings. The van der Waals surface area contributed by atoms with E-state index in [4.69, 9.17) is 0 Å². The van der Waals surface area contributed by atoms with Gasteiger partial charge in [-0.15, -0.1) is 0 Å². The molecule has 0 aliphatic carbocycles. The van der Waals surface area contributed by atoms with Crippen molar-refractivity contribution >= 4 is 5.91 Å². The molecule has 0 aliphatic heterocycles. The first kappa shape index (κ1) is 20.4. The second kappa shape index (κ2) is 8.78. The van der Waals surface area contributed by atoms with Gasteiger partial charge in [0.05, 0.1) is 5.69 Å². The predicted molar refractivity (Wildman–Crippen MR) is 109 cm³/mol. The molecular weight excluding hydrogens is 370 g/mol. The molecule has 2 N–H and O–H groups in total. The molecule has 0 bridgehead atoms. The van der Waals surface area contributed by atoms with E-state index in [0.717, 1.165) is 6.54 Å². The summed E-state index contributed by atoms with van der Waals surface area (Å²) < 4.78 is 1.62. The second-order valence-electron chi connectivity index (χ2n) is 7.23. The van der Waals surface area contributed by atoms with Gasteiger partial charge < -0.3 is 15.3 Å². The van der Waals surface area contributed by atoms with Crippen molar-refractivity contribution in [3.8, 4) is 23.1 Å². The number of carbonyl (C=O) groups excluding carboxylic acids is 1. The Labute approximate surface area is 169 Å². The maximum Gasteiger partial charge on any atom is 0.269 e. The topological polar surface area (TPSA) is 109 Å². The number of pyridine rings is 1. The standard InChI is InChI=1S/C20H25N7O2/c1-13(2)16-17(24-20(25-19(16)29)27-10-7-21-12-27)14-5-6-15(23-11-14)18(28)22-8-9-26(3)4/h5-7,10-13H,8-9H2,1-4H3,(H,22,28)(H,24,25,29). The molecule has 3 aromatic heterocycles. The van der Waals surface area contributed by atoms with Crippen LogP contribution in [-0.2, 0) is 0 Å². The third-order valence-corrected chi connectivity index (χ3v) is 4.34. The van der Waals surface area contributed by atoms with Gasteiger partial charge in [-0.1, -0.05) is 13.8 Å². The third kappa shape index (κ3) is 4.75. The van der Waals surface area contributed by atoms with Crippen molar-refractivity contribution in [2.75, 3.05) is 27.2 Å². The largest absolute Gasteiger partial charge is 0.493 e. The predicted octanol–water partition coefficient (Wildman–Crippen LogP) is 1.84. The molecule has 9 heteroatoms. The van der Waals surface area contributed by atoms with Crippen molar-refractivity contribution in [2.24, 2.45) is 0 Å². The molecule has 3 rings (SSSR count). The Bertz CT molecular complexity index is 967. The van der Waals surface area contributed by atoms with E-state index in [0.29, 0.717) is 35.0 Å². The van der Waals surface area contributed by atoms with Gasteiger partial charge in [-0.05, 0) is 32.1 Å². The lowest BCUT2D eigenvalue weighted by atomic mass is 9.98. The Balaban J connectivity index is 1.92. The van der Waals surface area contributed by atoms with E-state index in [1.54, 1.807) is 41.6 Å². The van der Waals surface area contributed by atoms with Crippen LogP contribution in [0.3, 0.4) is 0 Å². The fourth-order valence-electron chi connectivity index (χ4n) is 2.84. The van der Waals surface area contributed by atoms with Crippen molar-refractivity contribution in [2.45, 2.75) is 19.8 Å². The van der Waals surface area contributed by atoms with Crippen molar-refractivity contribution in [1.29, 1.82) is 0 Å². The first-order valence-corrected chi connectivity index (χ1v) is 9.35. The molecule has 0 saturated carbocycles. The summed E-state index contributed by atoms with van der Waals surface area (Å²) >= 11 is 0. The number of hydrogen-bond donors (Lipinski definition) is 2. The molecule has 0 aromatic carbocycles. The zero-order valence-corrected chi connectivity index (χ0v) is 17.0. The summed E-state index contributed by atoms with van der Waals surface area (Å²) in [6.07, 6.45) is 6.47. The van der Waals surface area contributed by atoms with Crippen molar-refractivity contribution < 1.29 is 9.90 Å². The highest BCUT2D eigenvalue weighted by atomic mass is 16.3. The summed E-state index contributed by atoms with van der Waals surface area (Å²) in [6.45, 7) is 5.21. The van der Waals surface area contributed by atoms with Crippen LogP contribution in [0, 0.1) is 0 Å². The minimum Gasteiger partial charge on any atom is -0.493 e. The summed E-state index contributed by atoms with van der Waals surface area (Å²) in [5.74, 6) is -0.00733. The van der Waals surface area contributed by atoms with E-state index in [2.05, 4.69) is 25.3 Å². The summed E-state index contributed by atoms with van der Waals surface area (Å²) in [6, 6.07) is 3.43. The summed E-state index contributed by atoms with van der Waals surface area (Å²) in [5.41, 5.74) is 2.21. The molecule has 152 valence electrons. The zero-order valence-electron chi connectivity index (χ0n) is 17.0. The highest BCUT2D eigenvalue weighted by molar-refractivity contribution is 5.92. The highest BCUT2D eigenvalue weighted by Crippen LogP contribution is 2.33. The normalized spacial score (nSPS) is 11.2. The van der Waals surface area contributed by atoms with E-state index < -0.39 is 0 Å². The van der Waals surface area contributed by atoms with E-state index in [-0.39, 0.29) is 17.7 Å². The van der Waals surface area contributed by atoms with Gasteiger partial charge in [-0.2, -0.15) is 4.98 Å². The molecule has 0 spiro atoms. The Hall–Kier alpha value is -3.33. The molecule has 29 heavy (non-hydrogen) atoms. The van der Waals surface area contributed by atoms with Gasteiger partial charge >= 0.3 is 0 Å². The Morgan fingerprint density at radius 3 is 2.66 bits per heavy atom. The van der Waals surface area contributed by atoms with Gasteiger partial charge in [0.1, 0.15) is 12.0 Å². The minimum absolute atomic E-state index is 0.00385. The van der Waals surface area contributed by atoms with Gasteiger partial charge in [0, 0.05) is 42.8 Å². The first-order chi connectivity index (χ1) is 13.9. The van der Waals surface area contributed by atoms with E-state index >= 15 is 0 Å². The van der Waals surface area contributed by atoms with Gasteiger partial charge in [0.15, 0.2) is 0 Å². The van der Waals surface area contributed by atoms with Crippen LogP contribution in [-0.4, -0.2) is 67.6 Å². The number of aromatic hydroxyl groups is 1. The van der Waals surface area contributed by atoms with Crippen molar-refractivity contribution in [1.82, 2.24) is 34.7 Å². The summed E-state index contributed by atoms with van der Waals surface area (Å²) in [4.78, 5) is 31.3. The monoisotopic (exact) mass is 395 g/mol. The van der Waals surface area contributed by atoms with Crippen LogP contribution < -0.4 is 5.32 Å². The third-order valence-electron chi connectivity index (χ3n) is 4.34. The maximum atomic E-state index is 12.2. The fraction of sp³-hybridized carbons (Fsp3) is 0.350. The molecular formula is C20H25N7O2. The quantitative estimate of drug-likeness (QED) is 0.628. The van der Waals surface area contributed by atoms with Crippen LogP contribution in [0.4, 0.5) is 0 Å². The first-order valence-electron chi connectivity index (χ1n) is 9.35. The highest BCUT2D eigenvalue weighted by Gasteiger charge is 2.20. The van der Waals surface area contributed by atoms with Crippen LogP contribution in [0.25, 0.3) is 17.2 Å². The number of carbonyl (C=O) groups is 1. The summed E-state index contributed by atoms with van der Waals surface area (Å²) in [5, 5.41) is 13.4. The number of imidazole rings is 1. The molecule has 3 heterocycles. The number of amides is 1. The van der Waals surface area contributed by atoms with Gasteiger partial charge in [0.25, 0.3) is 5.91 Å². The smallest absolute Gasteiger partial charge is 0.269 e. The van der Waals surface area contributed by atoms with Crippen molar-refractivity contribution in [3.63, 3.8) is 0 Å². The molecule has 0 atom stereocenters. The van der Waals surface area contributed by atoms with Gasteiger partial charge in [0.2, 0.25) is 11.8 Å². The Kier molecular flexibility index (Phi) is 6.18. The lowest BCUT2D eigenvalue weighted by Crippen LogP contribution is -2.31. The van der Waals surface area contributed by atoms with E-state index in [1.165, 1.54) is 0 Å². The van der Waals surface area contributed by atoms with E-state index in [9.17, 15) is 9.90 Å². The molecule has 0 radical (unpaired) electrons. The Morgan fingerprint density at radius 1 is 1.28 bits per heavy atom. The van der Waals surface area contributed by atoms with Crippen LogP contribution in [0.15, 0.2) is 37.1 Å². The Morgan fingerprint density at radius 2 is 2.07 bits per heavy atom. The number of nitrogens with zero attached hydrogens (tertiary/aromatic N) is 6. The zero-order chi connectivity index (χ0) is 21.0. The maximum absolute atomic E-state index is 12.2. The minimum atomic E-state index is -0.230. The van der Waals surface area contributed by atoms with E-state index in [1.807, 2.05) is 32.8 Å². The lowest BCUT2D eigenvalue weighted by Gasteiger charge is -2.15. The SMILES string of the molecule is CC(C)c1c(O)nc(-n2ccnc2)nc1-c1ccc(C(=O)NCCN(C)C)nc1. The number of rotatable bonds is 7. The number of likely N-dealkylation sites (N-methyl/N-ethyl adjacent to an activating group) is 1. The second-order valence-corrected chi connectivity index (χ2v) is 7.23. The average molecular weight is 395 g/mol. The number of nitrogens with one attached hydrogen (secondary N) is 1. The lowest BCUT2D eigenvalue weighted by molar-refractivity contribution is 0.0946. The van der Waals surface area contributed by atoms with Gasteiger partial charge in [-0.3, -0.25) is 14.3 Å². The molecule has 9 nitrogen and oxygen atoms in total. The van der Waals surface area contributed by atoms with Crippen LogP contribution in [0.5, 0.6) is 5.88 Å². The van der Waals surface area contributed by atoms with Crippen molar-refractivity contribution in [3.05, 3.63) is 48.3 Å². The molecule has 0 saturated heterocycles. The van der Waals surface area contributed by atoms with Crippen LogP contribution >= 0.6 is 0 Å². The fourth-order valence-corrected chi connectivity index (χ4v) is 2.84. The molecule has 0 unspecified atom stereocenters.